The van der Waals surface area contributed by atoms with E-state index in [0.717, 1.165) is 0 Å². The summed E-state index contributed by atoms with van der Waals surface area (Å²) in [6.07, 6.45) is 0.462. The van der Waals surface area contributed by atoms with Crippen molar-refractivity contribution in [3.8, 4) is 5.88 Å². The number of fused-ring (bicyclic) bond motifs is 2. The lowest BCUT2D eigenvalue weighted by molar-refractivity contribution is -0.117. The Morgan fingerprint density at radius 3 is 3.15 bits per heavy atom. The van der Waals surface area contributed by atoms with E-state index in [1.165, 1.54) is 22.9 Å². The molecule has 2 aromatic heterocycles. The summed E-state index contributed by atoms with van der Waals surface area (Å²) in [5.74, 6) is 0.249. The van der Waals surface area contributed by atoms with Crippen LogP contribution in [0.5, 0.6) is 5.88 Å². The van der Waals surface area contributed by atoms with Crippen LogP contribution in [-0.2, 0) is 14.3 Å². The van der Waals surface area contributed by atoms with E-state index in [-0.39, 0.29) is 48.9 Å². The average molecular weight is 490 g/mol. The van der Waals surface area contributed by atoms with Gasteiger partial charge in [0.25, 0.3) is 0 Å². The summed E-state index contributed by atoms with van der Waals surface area (Å²) in [5.41, 5.74) is 0.429. The van der Waals surface area contributed by atoms with Crippen molar-refractivity contribution >= 4 is 52.8 Å². The molecule has 3 aliphatic rings. The topological polar surface area (TPSA) is 151 Å². The van der Waals surface area contributed by atoms with E-state index in [4.69, 9.17) is 13.6 Å². The smallest absolute Gasteiger partial charge is 0.416 e. The third kappa shape index (κ3) is 4.54. The molecule has 5 rings (SSSR count). The number of rotatable bonds is 7. The summed E-state index contributed by atoms with van der Waals surface area (Å²) in [6.45, 7) is -1.62. The molecule has 1 atom stereocenters. The highest BCUT2D eigenvalue weighted by molar-refractivity contribution is 8.00. The maximum absolute atomic E-state index is 12.3. The van der Waals surface area contributed by atoms with Gasteiger partial charge >= 0.3 is 6.09 Å². The molecule has 0 radical (unpaired) electrons. The first kappa shape index (κ1) is 18.7. The maximum atomic E-state index is 12.3. The molecule has 0 spiro atoms. The third-order valence-corrected chi connectivity index (χ3v) is 6.09. The zero-order valence-corrected chi connectivity index (χ0v) is 18.6. The van der Waals surface area contributed by atoms with Crippen molar-refractivity contribution in [3.63, 3.8) is 0 Å². The number of hydrogen-bond donors (Lipinski definition) is 3. The molecule has 34 heavy (non-hydrogen) atoms. The fourth-order valence-electron chi connectivity index (χ4n) is 3.48. The van der Waals surface area contributed by atoms with Crippen LogP contribution in [0.2, 0.25) is 0 Å². The molecule has 3 aliphatic heterocycles. The summed E-state index contributed by atoms with van der Waals surface area (Å²) in [5, 5.41) is 9.21. The van der Waals surface area contributed by atoms with Gasteiger partial charge in [-0.2, -0.15) is 4.98 Å². The summed E-state index contributed by atoms with van der Waals surface area (Å²) >= 11 is 1.28. The minimum atomic E-state index is -2.66. The molecule has 0 aromatic carbocycles. The third-order valence-electron chi connectivity index (χ3n) is 5.12. The Morgan fingerprint density at radius 1 is 1.35 bits per heavy atom. The van der Waals surface area contributed by atoms with Crippen molar-refractivity contribution in [2.75, 3.05) is 65.9 Å². The Morgan fingerprint density at radius 2 is 2.26 bits per heavy atom. The summed E-state index contributed by atoms with van der Waals surface area (Å²) in [7, 11) is 0. The highest BCUT2D eigenvalue weighted by atomic mass is 32.2. The van der Waals surface area contributed by atoms with Crippen LogP contribution in [-0.4, -0.2) is 84.5 Å². The molecule has 5 heterocycles. The monoisotopic (exact) mass is 489 g/mol. The summed E-state index contributed by atoms with van der Waals surface area (Å²) < 4.78 is 33.9. The first-order chi connectivity index (χ1) is 17.7. The van der Waals surface area contributed by atoms with Crippen LogP contribution in [0.25, 0.3) is 0 Å². The van der Waals surface area contributed by atoms with Crippen molar-refractivity contribution in [2.45, 2.75) is 11.1 Å². The number of nitrogens with one attached hydrogen (secondary N) is 3. The number of aromatic nitrogens is 3. The van der Waals surface area contributed by atoms with Crippen LogP contribution in [0.4, 0.5) is 27.9 Å². The molecule has 1 fully saturated rings. The fourth-order valence-corrected chi connectivity index (χ4v) is 4.18. The molecule has 1 saturated heterocycles. The van der Waals surface area contributed by atoms with Gasteiger partial charge in [0.15, 0.2) is 17.5 Å². The number of carbonyl (C=O) groups is 3. The largest absolute Gasteiger partial charge is 0.476 e. The highest BCUT2D eigenvalue weighted by Crippen LogP contribution is 2.30. The standard InChI is InChI=1S/C20H22N8O5S/c1-27-16(30)8-22-12-2-3-15(26-18(12)27)32-5-4-21-6-11-9-28(20(31)33-11)13-7-23-19-17(24-13)25-14(29)10-34-19/h2-3,7,11,21-22H,4-6,8-10H2,1H3,(H,24,25,29)/t11-/m0/s1/i1D3. The molecule has 0 aliphatic carbocycles. The van der Waals surface area contributed by atoms with Crippen molar-refractivity contribution in [1.82, 2.24) is 20.3 Å². The number of amides is 3. The van der Waals surface area contributed by atoms with Gasteiger partial charge in [0, 0.05) is 30.2 Å². The number of likely N-dealkylation sites (N-methyl/N-ethyl adjacent to an activating group) is 1. The zero-order valence-electron chi connectivity index (χ0n) is 20.7. The van der Waals surface area contributed by atoms with Gasteiger partial charge in [-0.15, -0.1) is 0 Å². The molecule has 178 valence electrons. The molecule has 0 bridgehead atoms. The second-order valence-corrected chi connectivity index (χ2v) is 8.46. The predicted molar refractivity (Wildman–Crippen MR) is 124 cm³/mol. The predicted octanol–water partition coefficient (Wildman–Crippen LogP) is 0.298. The molecule has 3 N–H and O–H groups in total. The van der Waals surface area contributed by atoms with Gasteiger partial charge in [0.2, 0.25) is 17.7 Å². The number of nitrogens with zero attached hydrogens (tertiary/aromatic N) is 5. The minimum absolute atomic E-state index is 0.0110. The number of hydrogen-bond acceptors (Lipinski definition) is 11. The molecule has 3 amide bonds. The van der Waals surface area contributed by atoms with Crippen molar-refractivity contribution in [1.29, 1.82) is 0 Å². The van der Waals surface area contributed by atoms with Crippen LogP contribution in [0.15, 0.2) is 23.4 Å². The number of anilines is 4. The van der Waals surface area contributed by atoms with E-state index in [1.807, 2.05) is 0 Å². The Hall–Kier alpha value is -3.65. The van der Waals surface area contributed by atoms with Gasteiger partial charge in [-0.25, -0.2) is 14.8 Å². The van der Waals surface area contributed by atoms with E-state index in [0.29, 0.717) is 34.5 Å². The zero-order chi connectivity index (χ0) is 26.2. The molecule has 2 aromatic rings. The molecule has 0 saturated carbocycles. The van der Waals surface area contributed by atoms with E-state index >= 15 is 0 Å². The molecule has 14 heteroatoms. The van der Waals surface area contributed by atoms with E-state index in [9.17, 15) is 14.4 Å². The van der Waals surface area contributed by atoms with Gasteiger partial charge in [-0.05, 0) is 6.07 Å². The van der Waals surface area contributed by atoms with Gasteiger partial charge in [0.1, 0.15) is 17.7 Å². The van der Waals surface area contributed by atoms with Crippen LogP contribution in [0, 0.1) is 0 Å². The Balaban J connectivity index is 1.11. The highest BCUT2D eigenvalue weighted by Gasteiger charge is 2.34. The number of cyclic esters (lactones) is 1. The fraction of sp³-hybridized carbons (Fsp3) is 0.400. The summed E-state index contributed by atoms with van der Waals surface area (Å²) in [6, 6.07) is 3.19. The maximum Gasteiger partial charge on any atom is 0.416 e. The number of carbonyl (C=O) groups excluding carboxylic acids is 3. The van der Waals surface area contributed by atoms with Crippen LogP contribution in [0.3, 0.4) is 0 Å². The molecule has 0 unspecified atom stereocenters. The second kappa shape index (κ2) is 9.30. The first-order valence-corrected chi connectivity index (χ1v) is 11.4. The SMILES string of the molecule is [2H]C([2H])([2H])N1C(=O)CNc2ccc(OCCNC[C@H]3CN(c4cnc5c(n4)NC(=O)CS5)C(=O)O3)nc21. The van der Waals surface area contributed by atoms with Gasteiger partial charge in [0.05, 0.1) is 30.7 Å². The number of ether oxygens (including phenoxy) is 2. The lowest BCUT2D eigenvalue weighted by Gasteiger charge is -2.25. The van der Waals surface area contributed by atoms with Crippen LogP contribution < -0.4 is 30.5 Å². The average Bonchev–Trinajstić information content (AvgIpc) is 3.22. The van der Waals surface area contributed by atoms with E-state index < -0.39 is 25.1 Å². The molecular weight excluding hydrogens is 464 g/mol. The van der Waals surface area contributed by atoms with Crippen molar-refractivity contribution < 1.29 is 28.0 Å². The lowest BCUT2D eigenvalue weighted by atomic mass is 10.3. The van der Waals surface area contributed by atoms with Gasteiger partial charge in [-0.1, -0.05) is 11.8 Å². The van der Waals surface area contributed by atoms with Gasteiger partial charge in [-0.3, -0.25) is 19.4 Å². The molecule has 13 nitrogen and oxygen atoms in total. The normalized spacial score (nSPS) is 20.9. The van der Waals surface area contributed by atoms with Crippen molar-refractivity contribution in [2.24, 2.45) is 0 Å². The van der Waals surface area contributed by atoms with Crippen LogP contribution in [0.1, 0.15) is 4.11 Å². The lowest BCUT2D eigenvalue weighted by Crippen LogP contribution is -2.37. The van der Waals surface area contributed by atoms with E-state index in [2.05, 4.69) is 30.9 Å². The van der Waals surface area contributed by atoms with Gasteiger partial charge < -0.3 is 25.4 Å². The Bertz CT molecular complexity index is 1250. The van der Waals surface area contributed by atoms with Crippen molar-refractivity contribution in [3.05, 3.63) is 18.3 Å². The summed E-state index contributed by atoms with van der Waals surface area (Å²) in [4.78, 5) is 50.9. The van der Waals surface area contributed by atoms with Crippen LogP contribution >= 0.6 is 11.8 Å². The molecular formula is C20H22N8O5S. The first-order valence-electron chi connectivity index (χ1n) is 11.9. The van der Waals surface area contributed by atoms with E-state index in [1.54, 1.807) is 12.1 Å². The Kier molecular flexibility index (Phi) is 5.13. The number of thioether (sulfide) groups is 1. The quantitative estimate of drug-likeness (QED) is 0.461. The Labute approximate surface area is 202 Å². The minimum Gasteiger partial charge on any atom is -0.476 e. The number of pyridine rings is 1. The second-order valence-electron chi connectivity index (χ2n) is 7.49.